The minimum atomic E-state index is -0.366. The fraction of sp³-hybridized carbons (Fsp3) is 0.176. The number of carbonyl (C=O) groups is 2. The molecule has 118 valence electrons. The molecule has 3 rings (SSSR count). The van der Waals surface area contributed by atoms with Crippen LogP contribution in [0.3, 0.4) is 0 Å². The van der Waals surface area contributed by atoms with Gasteiger partial charge in [0.25, 0.3) is 0 Å². The van der Waals surface area contributed by atoms with E-state index in [1.807, 2.05) is 0 Å². The smallest absolute Gasteiger partial charge is 0.228 e. The molecule has 0 saturated heterocycles. The number of carbonyl (C=O) groups excluding carboxylic acids is 2. The maximum atomic E-state index is 12.8. The molecule has 2 atom stereocenters. The highest BCUT2D eigenvalue weighted by Crippen LogP contribution is 2.40. The highest BCUT2D eigenvalue weighted by molar-refractivity contribution is 6.30. The fourth-order valence-electron chi connectivity index (χ4n) is 2.31. The van der Waals surface area contributed by atoms with E-state index in [0.717, 1.165) is 0 Å². The second-order valence-corrected chi connectivity index (χ2v) is 5.88. The molecule has 2 N–H and O–H groups in total. The van der Waals surface area contributed by atoms with Gasteiger partial charge in [0.15, 0.2) is 0 Å². The summed E-state index contributed by atoms with van der Waals surface area (Å²) in [5.74, 6) is -1.48. The number of rotatable bonds is 4. The Kier molecular flexibility index (Phi) is 4.30. The number of nitrogens with one attached hydrogen (secondary N) is 2. The van der Waals surface area contributed by atoms with Crippen LogP contribution in [0, 0.1) is 17.7 Å². The molecule has 2 aromatic rings. The Hall–Kier alpha value is -2.40. The Morgan fingerprint density at radius 2 is 1.30 bits per heavy atom. The topological polar surface area (TPSA) is 58.2 Å². The fourth-order valence-corrected chi connectivity index (χ4v) is 2.44. The molecule has 1 saturated carbocycles. The van der Waals surface area contributed by atoms with Gasteiger partial charge in [0, 0.05) is 16.4 Å². The maximum Gasteiger partial charge on any atom is 0.228 e. The highest BCUT2D eigenvalue weighted by atomic mass is 35.5. The SMILES string of the molecule is O=C(Nc1ccc(F)cc1)C1CC1C(=O)Nc1ccc(Cl)cc1. The van der Waals surface area contributed by atoms with E-state index >= 15 is 0 Å². The Bertz CT molecular complexity index is 668. The molecule has 0 aliphatic heterocycles. The molecule has 2 aromatic carbocycles. The first kappa shape index (κ1) is 15.5. The Balaban J connectivity index is 1.53. The number of amides is 2. The lowest BCUT2D eigenvalue weighted by molar-refractivity contribution is -0.122. The molecule has 23 heavy (non-hydrogen) atoms. The lowest BCUT2D eigenvalue weighted by Crippen LogP contribution is -2.20. The summed E-state index contributed by atoms with van der Waals surface area (Å²) in [6, 6.07) is 12.3. The van der Waals surface area contributed by atoms with Gasteiger partial charge >= 0.3 is 0 Å². The van der Waals surface area contributed by atoms with Crippen molar-refractivity contribution in [1.82, 2.24) is 0 Å². The van der Waals surface area contributed by atoms with E-state index < -0.39 is 0 Å². The van der Waals surface area contributed by atoms with E-state index in [1.54, 1.807) is 24.3 Å². The summed E-state index contributed by atoms with van der Waals surface area (Å²) in [6.45, 7) is 0. The van der Waals surface area contributed by atoms with Crippen molar-refractivity contribution in [3.63, 3.8) is 0 Å². The first-order valence-electron chi connectivity index (χ1n) is 7.16. The van der Waals surface area contributed by atoms with Crippen LogP contribution in [0.1, 0.15) is 6.42 Å². The second kappa shape index (κ2) is 6.38. The number of hydrogen-bond acceptors (Lipinski definition) is 2. The van der Waals surface area contributed by atoms with Crippen LogP contribution < -0.4 is 10.6 Å². The van der Waals surface area contributed by atoms with E-state index in [2.05, 4.69) is 10.6 Å². The van der Waals surface area contributed by atoms with Gasteiger partial charge in [0.05, 0.1) is 11.8 Å². The van der Waals surface area contributed by atoms with E-state index in [0.29, 0.717) is 22.8 Å². The number of benzene rings is 2. The van der Waals surface area contributed by atoms with Crippen molar-refractivity contribution < 1.29 is 14.0 Å². The zero-order valence-electron chi connectivity index (χ0n) is 12.1. The minimum Gasteiger partial charge on any atom is -0.326 e. The molecule has 1 fully saturated rings. The van der Waals surface area contributed by atoms with Gasteiger partial charge in [-0.15, -0.1) is 0 Å². The monoisotopic (exact) mass is 332 g/mol. The van der Waals surface area contributed by atoms with Gasteiger partial charge in [-0.05, 0) is 55.0 Å². The zero-order chi connectivity index (χ0) is 16.4. The predicted molar refractivity (Wildman–Crippen MR) is 86.7 cm³/mol. The lowest BCUT2D eigenvalue weighted by atomic mass is 10.2. The van der Waals surface area contributed by atoms with Crippen LogP contribution in [0.2, 0.25) is 5.02 Å². The second-order valence-electron chi connectivity index (χ2n) is 5.44. The van der Waals surface area contributed by atoms with Crippen molar-refractivity contribution in [2.45, 2.75) is 6.42 Å². The highest BCUT2D eigenvalue weighted by Gasteiger charge is 2.48. The molecule has 6 heteroatoms. The average molecular weight is 333 g/mol. The molecule has 0 spiro atoms. The number of hydrogen-bond donors (Lipinski definition) is 2. The maximum absolute atomic E-state index is 12.8. The third kappa shape index (κ3) is 3.87. The number of halogens is 2. The third-order valence-corrected chi connectivity index (χ3v) is 3.94. The lowest BCUT2D eigenvalue weighted by Gasteiger charge is -2.06. The van der Waals surface area contributed by atoms with Crippen molar-refractivity contribution >= 4 is 34.8 Å². The van der Waals surface area contributed by atoms with Gasteiger partial charge in [-0.1, -0.05) is 11.6 Å². The summed E-state index contributed by atoms with van der Waals surface area (Å²) < 4.78 is 12.8. The van der Waals surface area contributed by atoms with Crippen LogP contribution in [-0.4, -0.2) is 11.8 Å². The first-order chi connectivity index (χ1) is 11.0. The average Bonchev–Trinajstić information content (AvgIpc) is 3.33. The van der Waals surface area contributed by atoms with Crippen LogP contribution in [0.25, 0.3) is 0 Å². The van der Waals surface area contributed by atoms with E-state index in [-0.39, 0.29) is 29.5 Å². The molecular weight excluding hydrogens is 319 g/mol. The van der Waals surface area contributed by atoms with E-state index in [9.17, 15) is 14.0 Å². The van der Waals surface area contributed by atoms with Crippen molar-refractivity contribution in [2.24, 2.45) is 11.8 Å². The summed E-state index contributed by atoms with van der Waals surface area (Å²) in [5.41, 5.74) is 1.16. The Morgan fingerprint density at radius 3 is 1.78 bits per heavy atom. The molecule has 0 radical (unpaired) electrons. The molecule has 2 amide bonds. The van der Waals surface area contributed by atoms with Crippen molar-refractivity contribution in [1.29, 1.82) is 0 Å². The standard InChI is InChI=1S/C17H14ClFN2O2/c18-10-1-5-12(6-2-10)20-16(22)14-9-15(14)17(23)21-13-7-3-11(19)4-8-13/h1-8,14-15H,9H2,(H,20,22)(H,21,23). The molecule has 1 aliphatic carbocycles. The molecule has 1 aliphatic rings. The van der Waals surface area contributed by atoms with Gasteiger partial charge < -0.3 is 10.6 Å². The van der Waals surface area contributed by atoms with Crippen molar-refractivity contribution in [2.75, 3.05) is 10.6 Å². The van der Waals surface area contributed by atoms with Crippen LogP contribution in [-0.2, 0) is 9.59 Å². The summed E-state index contributed by atoms with van der Waals surface area (Å²) in [5, 5.41) is 6.03. The molecule has 4 nitrogen and oxygen atoms in total. The quantitative estimate of drug-likeness (QED) is 0.897. The van der Waals surface area contributed by atoms with Gasteiger partial charge in [-0.2, -0.15) is 0 Å². The van der Waals surface area contributed by atoms with Crippen LogP contribution >= 0.6 is 11.6 Å². The van der Waals surface area contributed by atoms with E-state index in [1.165, 1.54) is 24.3 Å². The van der Waals surface area contributed by atoms with Crippen molar-refractivity contribution in [3.05, 3.63) is 59.4 Å². The van der Waals surface area contributed by atoms with Crippen LogP contribution in [0.15, 0.2) is 48.5 Å². The summed E-state index contributed by atoms with van der Waals surface area (Å²) in [7, 11) is 0. The number of anilines is 2. The predicted octanol–water partition coefficient (Wildman–Crippen LogP) is 3.69. The van der Waals surface area contributed by atoms with E-state index in [4.69, 9.17) is 11.6 Å². The van der Waals surface area contributed by atoms with Crippen LogP contribution in [0.5, 0.6) is 0 Å². The summed E-state index contributed by atoms with van der Waals surface area (Å²) in [6.07, 6.45) is 0.506. The summed E-state index contributed by atoms with van der Waals surface area (Å²) in [4.78, 5) is 24.2. The Morgan fingerprint density at radius 1 is 0.870 bits per heavy atom. The molecule has 0 aromatic heterocycles. The minimum absolute atomic E-state index is 0.188. The van der Waals surface area contributed by atoms with Gasteiger partial charge in [0.1, 0.15) is 5.82 Å². The largest absolute Gasteiger partial charge is 0.326 e. The van der Waals surface area contributed by atoms with Gasteiger partial charge in [-0.25, -0.2) is 4.39 Å². The zero-order valence-corrected chi connectivity index (χ0v) is 12.8. The third-order valence-electron chi connectivity index (χ3n) is 3.69. The normalized spacial score (nSPS) is 19.0. The first-order valence-corrected chi connectivity index (χ1v) is 7.53. The van der Waals surface area contributed by atoms with Crippen LogP contribution in [0.4, 0.5) is 15.8 Å². The molecule has 2 unspecified atom stereocenters. The Labute approximate surface area is 137 Å². The molecule has 0 bridgehead atoms. The summed E-state index contributed by atoms with van der Waals surface area (Å²) >= 11 is 5.79. The molecule has 0 heterocycles. The van der Waals surface area contributed by atoms with Crippen molar-refractivity contribution in [3.8, 4) is 0 Å². The van der Waals surface area contributed by atoms with Gasteiger partial charge in [0.2, 0.25) is 11.8 Å². The van der Waals surface area contributed by atoms with Gasteiger partial charge in [-0.3, -0.25) is 9.59 Å². The molecular formula is C17H14ClFN2O2.